The molecule has 35 heavy (non-hydrogen) atoms. The normalized spacial score (nSPS) is 17.1. The minimum Gasteiger partial charge on any atom is -0.489 e. The van der Waals surface area contributed by atoms with Crippen LogP contribution in [-0.4, -0.2) is 28.0 Å². The Kier molecular flexibility index (Phi) is 7.58. The lowest BCUT2D eigenvalue weighted by Gasteiger charge is -2.30. The fourth-order valence-corrected chi connectivity index (χ4v) is 4.15. The summed E-state index contributed by atoms with van der Waals surface area (Å²) in [5.41, 5.74) is 8.93. The molecule has 1 amide bonds. The standard InChI is InChI=1S/C27H28N6O2/c1-18(15-28)27(34)33-22-11-9-21(10-12-22)32-26-24(25(29)30-17-31-26)20-7-13-23(14-8-20)35-16-19-5-3-2-4-6-19/h2-8,13-14,17,21-22H,1,9-12,16H2,(H,33,34)(H3,29,30,31,32). The SMILES string of the molecule is C=C(C#N)C(=O)NC1CCC(Nc2ncnc(N)c2-c2ccc(OCc3ccccc3)cc2)CC1. The first-order chi connectivity index (χ1) is 17.0. The first-order valence-corrected chi connectivity index (χ1v) is 11.6. The van der Waals surface area contributed by atoms with Crippen molar-refractivity contribution in [2.45, 2.75) is 44.4 Å². The van der Waals surface area contributed by atoms with E-state index < -0.39 is 5.91 Å². The number of nitrogens with zero attached hydrogens (tertiary/aromatic N) is 3. The first kappa shape index (κ1) is 23.8. The van der Waals surface area contributed by atoms with Crippen molar-refractivity contribution in [3.63, 3.8) is 0 Å². The molecular formula is C27H28N6O2. The fraction of sp³-hybridized carbons (Fsp3) is 0.259. The predicted octanol–water partition coefficient (Wildman–Crippen LogP) is 4.22. The summed E-state index contributed by atoms with van der Waals surface area (Å²) in [5, 5.41) is 15.2. The zero-order valence-electron chi connectivity index (χ0n) is 19.4. The highest BCUT2D eigenvalue weighted by Gasteiger charge is 2.24. The summed E-state index contributed by atoms with van der Waals surface area (Å²) in [7, 11) is 0. The van der Waals surface area contributed by atoms with Gasteiger partial charge in [-0.1, -0.05) is 49.0 Å². The number of hydrogen-bond acceptors (Lipinski definition) is 7. The molecule has 0 unspecified atom stereocenters. The minimum absolute atomic E-state index is 0.0315. The van der Waals surface area contributed by atoms with Crippen molar-refractivity contribution in [2.24, 2.45) is 0 Å². The molecule has 0 aliphatic heterocycles. The molecule has 0 bridgehead atoms. The average molecular weight is 469 g/mol. The van der Waals surface area contributed by atoms with E-state index in [0.29, 0.717) is 18.2 Å². The molecule has 0 radical (unpaired) electrons. The molecule has 1 heterocycles. The molecule has 2 aromatic carbocycles. The van der Waals surface area contributed by atoms with Gasteiger partial charge >= 0.3 is 0 Å². The van der Waals surface area contributed by atoms with Gasteiger partial charge in [0, 0.05) is 12.1 Å². The van der Waals surface area contributed by atoms with E-state index in [9.17, 15) is 4.79 Å². The Labute approximate surface area is 204 Å². The summed E-state index contributed by atoms with van der Waals surface area (Å²) >= 11 is 0. The third-order valence-corrected chi connectivity index (χ3v) is 6.08. The Balaban J connectivity index is 1.39. The zero-order valence-corrected chi connectivity index (χ0v) is 19.4. The van der Waals surface area contributed by atoms with Crippen LogP contribution in [0.4, 0.5) is 11.6 Å². The predicted molar refractivity (Wildman–Crippen MR) is 135 cm³/mol. The lowest BCUT2D eigenvalue weighted by atomic mass is 9.90. The highest BCUT2D eigenvalue weighted by atomic mass is 16.5. The number of carbonyl (C=O) groups excluding carboxylic acids is 1. The van der Waals surface area contributed by atoms with Crippen LogP contribution < -0.4 is 21.1 Å². The first-order valence-electron chi connectivity index (χ1n) is 11.6. The van der Waals surface area contributed by atoms with E-state index in [-0.39, 0.29) is 17.7 Å². The van der Waals surface area contributed by atoms with E-state index >= 15 is 0 Å². The largest absolute Gasteiger partial charge is 0.489 e. The van der Waals surface area contributed by atoms with Crippen LogP contribution in [0.3, 0.4) is 0 Å². The zero-order chi connectivity index (χ0) is 24.6. The Morgan fingerprint density at radius 3 is 2.43 bits per heavy atom. The molecule has 1 saturated carbocycles. The number of amides is 1. The van der Waals surface area contributed by atoms with Gasteiger partial charge < -0.3 is 21.1 Å². The fourth-order valence-electron chi connectivity index (χ4n) is 4.15. The number of carbonyl (C=O) groups is 1. The van der Waals surface area contributed by atoms with Crippen molar-refractivity contribution < 1.29 is 9.53 Å². The van der Waals surface area contributed by atoms with Crippen molar-refractivity contribution in [1.29, 1.82) is 5.26 Å². The van der Waals surface area contributed by atoms with Crippen LogP contribution in [0.15, 0.2) is 73.1 Å². The quantitative estimate of drug-likeness (QED) is 0.334. The molecule has 0 saturated heterocycles. The van der Waals surface area contributed by atoms with E-state index in [2.05, 4.69) is 27.2 Å². The van der Waals surface area contributed by atoms with Crippen LogP contribution in [0.5, 0.6) is 5.75 Å². The Morgan fingerprint density at radius 2 is 1.74 bits per heavy atom. The van der Waals surface area contributed by atoms with E-state index in [1.807, 2.05) is 54.6 Å². The molecule has 1 aromatic heterocycles. The molecule has 1 aliphatic rings. The van der Waals surface area contributed by atoms with Gasteiger partial charge in [0.25, 0.3) is 5.91 Å². The maximum Gasteiger partial charge on any atom is 0.261 e. The summed E-state index contributed by atoms with van der Waals surface area (Å²) < 4.78 is 5.89. The van der Waals surface area contributed by atoms with Gasteiger partial charge in [-0.2, -0.15) is 5.26 Å². The van der Waals surface area contributed by atoms with Crippen molar-refractivity contribution in [2.75, 3.05) is 11.1 Å². The van der Waals surface area contributed by atoms with E-state index in [1.165, 1.54) is 6.33 Å². The summed E-state index contributed by atoms with van der Waals surface area (Å²) in [6.45, 7) is 3.96. The average Bonchev–Trinajstić information content (AvgIpc) is 2.89. The number of nitriles is 1. The summed E-state index contributed by atoms with van der Waals surface area (Å²) in [4.78, 5) is 20.6. The molecule has 4 N–H and O–H groups in total. The van der Waals surface area contributed by atoms with E-state index in [1.54, 1.807) is 6.07 Å². The Hall–Kier alpha value is -4.38. The second-order valence-electron chi connectivity index (χ2n) is 8.54. The van der Waals surface area contributed by atoms with Crippen LogP contribution in [0.1, 0.15) is 31.2 Å². The lowest BCUT2D eigenvalue weighted by Crippen LogP contribution is -2.40. The van der Waals surface area contributed by atoms with E-state index in [0.717, 1.165) is 48.1 Å². The summed E-state index contributed by atoms with van der Waals surface area (Å²) in [5.74, 6) is 1.45. The third-order valence-electron chi connectivity index (χ3n) is 6.08. The smallest absolute Gasteiger partial charge is 0.261 e. The summed E-state index contributed by atoms with van der Waals surface area (Å²) in [6.07, 6.45) is 4.74. The number of rotatable bonds is 8. The van der Waals surface area contributed by atoms with Gasteiger partial charge in [-0.15, -0.1) is 0 Å². The number of hydrogen-bond donors (Lipinski definition) is 3. The maximum absolute atomic E-state index is 11.9. The molecule has 1 fully saturated rings. The molecule has 8 heteroatoms. The van der Waals surface area contributed by atoms with Crippen LogP contribution in [0.2, 0.25) is 0 Å². The third kappa shape index (κ3) is 6.15. The second-order valence-corrected chi connectivity index (χ2v) is 8.54. The molecule has 4 rings (SSSR count). The molecule has 3 aromatic rings. The maximum atomic E-state index is 11.9. The number of anilines is 2. The van der Waals surface area contributed by atoms with Crippen molar-refractivity contribution in [1.82, 2.24) is 15.3 Å². The van der Waals surface area contributed by atoms with Gasteiger partial charge in [-0.3, -0.25) is 4.79 Å². The van der Waals surface area contributed by atoms with Crippen molar-refractivity contribution in [3.8, 4) is 22.9 Å². The van der Waals surface area contributed by atoms with Gasteiger partial charge in [0.1, 0.15) is 42.0 Å². The topological polar surface area (TPSA) is 126 Å². The second kappa shape index (κ2) is 11.2. The minimum atomic E-state index is -0.397. The Morgan fingerprint density at radius 1 is 1.06 bits per heavy atom. The van der Waals surface area contributed by atoms with Crippen LogP contribution >= 0.6 is 0 Å². The van der Waals surface area contributed by atoms with Crippen molar-refractivity contribution >= 4 is 17.5 Å². The molecule has 1 aliphatic carbocycles. The van der Waals surface area contributed by atoms with Crippen LogP contribution in [0.25, 0.3) is 11.1 Å². The number of nitrogen functional groups attached to an aromatic ring is 1. The number of ether oxygens (including phenoxy) is 1. The monoisotopic (exact) mass is 468 g/mol. The molecule has 178 valence electrons. The highest BCUT2D eigenvalue weighted by Crippen LogP contribution is 2.33. The van der Waals surface area contributed by atoms with Gasteiger partial charge in [0.2, 0.25) is 0 Å². The van der Waals surface area contributed by atoms with Gasteiger partial charge in [-0.05, 0) is 48.9 Å². The van der Waals surface area contributed by atoms with E-state index in [4.69, 9.17) is 15.7 Å². The molecular weight excluding hydrogens is 440 g/mol. The van der Waals surface area contributed by atoms with Gasteiger partial charge in [0.05, 0.1) is 5.56 Å². The van der Waals surface area contributed by atoms with Crippen molar-refractivity contribution in [3.05, 3.63) is 78.6 Å². The number of nitrogens with one attached hydrogen (secondary N) is 2. The van der Waals surface area contributed by atoms with Crippen LogP contribution in [0, 0.1) is 11.3 Å². The lowest BCUT2D eigenvalue weighted by molar-refractivity contribution is -0.118. The number of nitrogens with two attached hydrogens (primary N) is 1. The van der Waals surface area contributed by atoms with Gasteiger partial charge in [0.15, 0.2) is 0 Å². The molecule has 8 nitrogen and oxygen atoms in total. The summed E-state index contributed by atoms with van der Waals surface area (Å²) in [6, 6.07) is 19.7. The van der Waals surface area contributed by atoms with Crippen LogP contribution in [-0.2, 0) is 11.4 Å². The van der Waals surface area contributed by atoms with Gasteiger partial charge in [-0.25, -0.2) is 9.97 Å². The molecule has 0 spiro atoms. The number of aromatic nitrogens is 2. The molecule has 0 atom stereocenters. The Bertz CT molecular complexity index is 1210. The number of benzene rings is 2. The highest BCUT2D eigenvalue weighted by molar-refractivity contribution is 5.96.